The summed E-state index contributed by atoms with van der Waals surface area (Å²) in [7, 11) is 0. The molecule has 0 saturated heterocycles. The molecule has 31 heavy (non-hydrogen) atoms. The number of carbonyl (C=O) groups is 1. The van der Waals surface area contributed by atoms with Gasteiger partial charge in [0, 0.05) is 40.9 Å². The second-order valence-electron chi connectivity index (χ2n) is 8.05. The molecule has 4 rings (SSSR count). The molecule has 0 aliphatic heterocycles. The number of aromatic amines is 1. The summed E-state index contributed by atoms with van der Waals surface area (Å²) in [4.78, 5) is 27.8. The van der Waals surface area contributed by atoms with Gasteiger partial charge in [0.05, 0.1) is 6.42 Å². The minimum atomic E-state index is -0.145. The van der Waals surface area contributed by atoms with Crippen LogP contribution in [0.15, 0.2) is 65.5 Å². The summed E-state index contributed by atoms with van der Waals surface area (Å²) in [5, 5.41) is 4.02. The minimum absolute atomic E-state index is 0.0925. The number of hydrogen-bond acceptors (Lipinski definition) is 2. The van der Waals surface area contributed by atoms with Gasteiger partial charge in [-0.15, -0.1) is 0 Å². The molecular weight excluding hydrogens is 386 g/mol. The molecule has 0 aliphatic rings. The van der Waals surface area contributed by atoms with Crippen molar-refractivity contribution in [2.75, 3.05) is 0 Å². The molecule has 0 unspecified atom stereocenters. The van der Waals surface area contributed by atoms with Crippen LogP contribution < -0.4 is 10.9 Å². The third-order valence-electron chi connectivity index (χ3n) is 5.84. The van der Waals surface area contributed by atoms with Gasteiger partial charge < -0.3 is 14.9 Å². The molecule has 2 heterocycles. The summed E-state index contributed by atoms with van der Waals surface area (Å²) in [6.45, 7) is 6.80. The largest absolute Gasteiger partial charge is 0.352 e. The Balaban J connectivity index is 1.58. The van der Waals surface area contributed by atoms with E-state index in [1.54, 1.807) is 0 Å². The van der Waals surface area contributed by atoms with Crippen LogP contribution in [0, 0.1) is 20.8 Å². The molecule has 0 atom stereocenters. The van der Waals surface area contributed by atoms with Gasteiger partial charge in [-0.3, -0.25) is 9.59 Å². The molecule has 2 aromatic carbocycles. The molecule has 0 aliphatic carbocycles. The van der Waals surface area contributed by atoms with Crippen molar-refractivity contribution < 1.29 is 4.79 Å². The molecule has 0 saturated carbocycles. The van der Waals surface area contributed by atoms with Gasteiger partial charge in [-0.05, 0) is 49.6 Å². The lowest BCUT2D eigenvalue weighted by Gasteiger charge is -2.10. The van der Waals surface area contributed by atoms with E-state index in [1.807, 2.05) is 50.2 Å². The van der Waals surface area contributed by atoms with Crippen molar-refractivity contribution in [2.24, 2.45) is 0 Å². The number of rotatable bonds is 6. The van der Waals surface area contributed by atoms with Gasteiger partial charge in [0.15, 0.2) is 0 Å². The molecule has 0 bridgehead atoms. The lowest BCUT2D eigenvalue weighted by molar-refractivity contribution is -0.120. The maximum atomic E-state index is 12.8. The lowest BCUT2D eigenvalue weighted by atomic mass is 10.1. The minimum Gasteiger partial charge on any atom is -0.352 e. The number of aromatic nitrogens is 2. The quantitative estimate of drug-likeness (QED) is 0.498. The highest BCUT2D eigenvalue weighted by Gasteiger charge is 2.17. The van der Waals surface area contributed by atoms with Crippen molar-refractivity contribution in [1.82, 2.24) is 14.9 Å². The van der Waals surface area contributed by atoms with Crippen molar-refractivity contribution in [3.05, 3.63) is 105 Å². The number of aryl methyl sites for hydroxylation is 2. The van der Waals surface area contributed by atoms with Crippen LogP contribution in [0.4, 0.5) is 0 Å². The van der Waals surface area contributed by atoms with Crippen LogP contribution in [0.1, 0.15) is 33.6 Å². The first-order valence-corrected chi connectivity index (χ1v) is 10.5. The Bertz CT molecular complexity index is 1300. The number of fused-ring (bicyclic) bond motifs is 1. The second-order valence-corrected chi connectivity index (χ2v) is 8.05. The highest BCUT2D eigenvalue weighted by atomic mass is 16.1. The zero-order valence-electron chi connectivity index (χ0n) is 18.2. The highest BCUT2D eigenvalue weighted by molar-refractivity contribution is 5.90. The standard InChI is InChI=1S/C26H27N3O2/c1-17-13-18(2)28-26(31)23(17)15-27-25(30)14-22-19(3)29(16-20-9-5-4-6-10-20)24-12-8-7-11-21(22)24/h4-13H,14-16H2,1-3H3,(H,27,30)(H,28,31). The van der Waals surface area contributed by atoms with Crippen LogP contribution in [-0.4, -0.2) is 15.5 Å². The zero-order valence-corrected chi connectivity index (χ0v) is 18.2. The number of nitrogens with one attached hydrogen (secondary N) is 2. The molecule has 2 aromatic heterocycles. The average molecular weight is 414 g/mol. The van der Waals surface area contributed by atoms with Gasteiger partial charge in [-0.1, -0.05) is 48.5 Å². The first kappa shape index (κ1) is 20.7. The van der Waals surface area contributed by atoms with Crippen LogP contribution in [-0.2, 0) is 24.3 Å². The summed E-state index contributed by atoms with van der Waals surface area (Å²) >= 11 is 0. The van der Waals surface area contributed by atoms with Crippen LogP contribution in [0.25, 0.3) is 10.9 Å². The van der Waals surface area contributed by atoms with Gasteiger partial charge in [0.25, 0.3) is 5.56 Å². The maximum Gasteiger partial charge on any atom is 0.253 e. The topological polar surface area (TPSA) is 66.9 Å². The van der Waals surface area contributed by atoms with E-state index in [2.05, 4.69) is 46.1 Å². The molecule has 0 fully saturated rings. The Morgan fingerprint density at radius 3 is 2.42 bits per heavy atom. The fourth-order valence-corrected chi connectivity index (χ4v) is 4.21. The highest BCUT2D eigenvalue weighted by Crippen LogP contribution is 2.27. The van der Waals surface area contributed by atoms with E-state index >= 15 is 0 Å². The van der Waals surface area contributed by atoms with Crippen molar-refractivity contribution in [3.63, 3.8) is 0 Å². The van der Waals surface area contributed by atoms with Crippen molar-refractivity contribution in [3.8, 4) is 0 Å². The molecule has 1 amide bonds. The number of para-hydroxylation sites is 1. The smallest absolute Gasteiger partial charge is 0.253 e. The monoisotopic (exact) mass is 413 g/mol. The van der Waals surface area contributed by atoms with E-state index in [1.165, 1.54) is 5.56 Å². The average Bonchev–Trinajstić information content (AvgIpc) is 3.00. The molecule has 5 heteroatoms. The number of amides is 1. The van der Waals surface area contributed by atoms with Gasteiger partial charge in [0.1, 0.15) is 0 Å². The van der Waals surface area contributed by atoms with Gasteiger partial charge >= 0.3 is 0 Å². The number of pyridine rings is 1. The summed E-state index contributed by atoms with van der Waals surface area (Å²) < 4.78 is 2.27. The predicted octanol–water partition coefficient (Wildman–Crippen LogP) is 4.16. The summed E-state index contributed by atoms with van der Waals surface area (Å²) in [6, 6.07) is 20.4. The Hall–Kier alpha value is -3.60. The van der Waals surface area contributed by atoms with Crippen LogP contribution in [0.2, 0.25) is 0 Å². The Kier molecular flexibility index (Phi) is 5.76. The Labute approximate surface area is 181 Å². The summed E-state index contributed by atoms with van der Waals surface area (Å²) in [5.74, 6) is -0.0925. The lowest BCUT2D eigenvalue weighted by Crippen LogP contribution is -2.29. The maximum absolute atomic E-state index is 12.8. The number of benzene rings is 2. The molecular formula is C26H27N3O2. The number of H-pyrrole nitrogens is 1. The first-order chi connectivity index (χ1) is 14.9. The normalized spacial score (nSPS) is 11.1. The third-order valence-corrected chi connectivity index (χ3v) is 5.84. The predicted molar refractivity (Wildman–Crippen MR) is 124 cm³/mol. The van der Waals surface area contributed by atoms with Crippen LogP contribution >= 0.6 is 0 Å². The number of hydrogen-bond donors (Lipinski definition) is 2. The van der Waals surface area contributed by atoms with Crippen molar-refractivity contribution >= 4 is 16.8 Å². The van der Waals surface area contributed by atoms with E-state index < -0.39 is 0 Å². The second kappa shape index (κ2) is 8.64. The molecule has 158 valence electrons. The zero-order chi connectivity index (χ0) is 22.0. The Morgan fingerprint density at radius 1 is 0.968 bits per heavy atom. The van der Waals surface area contributed by atoms with E-state index in [9.17, 15) is 9.59 Å². The van der Waals surface area contributed by atoms with Crippen LogP contribution in [0.3, 0.4) is 0 Å². The Morgan fingerprint density at radius 2 is 1.68 bits per heavy atom. The van der Waals surface area contributed by atoms with E-state index in [4.69, 9.17) is 0 Å². The van der Waals surface area contributed by atoms with Gasteiger partial charge in [-0.2, -0.15) is 0 Å². The third kappa shape index (κ3) is 4.31. The van der Waals surface area contributed by atoms with E-state index in [-0.39, 0.29) is 24.4 Å². The van der Waals surface area contributed by atoms with Gasteiger partial charge in [-0.25, -0.2) is 0 Å². The summed E-state index contributed by atoms with van der Waals surface area (Å²) in [6.07, 6.45) is 0.275. The molecule has 5 nitrogen and oxygen atoms in total. The summed E-state index contributed by atoms with van der Waals surface area (Å²) in [5.41, 5.74) is 6.62. The molecule has 4 aromatic rings. The number of nitrogens with zero attached hydrogens (tertiary/aromatic N) is 1. The van der Waals surface area contributed by atoms with E-state index in [0.29, 0.717) is 5.56 Å². The van der Waals surface area contributed by atoms with Gasteiger partial charge in [0.2, 0.25) is 5.91 Å². The van der Waals surface area contributed by atoms with Crippen LogP contribution in [0.5, 0.6) is 0 Å². The fourth-order valence-electron chi connectivity index (χ4n) is 4.21. The molecule has 0 spiro atoms. The van der Waals surface area contributed by atoms with Crippen molar-refractivity contribution in [1.29, 1.82) is 0 Å². The first-order valence-electron chi connectivity index (χ1n) is 10.5. The molecule has 0 radical (unpaired) electrons. The van der Waals surface area contributed by atoms with E-state index in [0.717, 1.165) is 40.0 Å². The molecule has 2 N–H and O–H groups in total. The number of carbonyl (C=O) groups excluding carboxylic acids is 1. The fraction of sp³-hybridized carbons (Fsp3) is 0.231. The van der Waals surface area contributed by atoms with Crippen molar-refractivity contribution in [2.45, 2.75) is 40.3 Å². The SMILES string of the molecule is Cc1cc(C)c(CNC(=O)Cc2c(C)n(Cc3ccccc3)c3ccccc23)c(=O)[nH]1.